The first-order valence-electron chi connectivity index (χ1n) is 7.24. The zero-order valence-electron chi connectivity index (χ0n) is 12.7. The predicted molar refractivity (Wildman–Crippen MR) is 86.0 cm³/mol. The van der Waals surface area contributed by atoms with E-state index in [-0.39, 0.29) is 11.3 Å². The molecule has 0 aliphatic carbocycles. The minimum absolute atomic E-state index is 0.0317. The molecule has 1 heterocycles. The number of rotatable bonds is 4. The molecule has 3 aromatic rings. The second-order valence-electron chi connectivity index (χ2n) is 5.15. The number of esters is 1. The van der Waals surface area contributed by atoms with Crippen LogP contribution in [0, 0.1) is 5.82 Å². The first kappa shape index (κ1) is 15.7. The number of amides is 1. The number of ether oxygens (including phenoxy) is 1. The van der Waals surface area contributed by atoms with Crippen molar-refractivity contribution in [3.05, 3.63) is 60.2 Å². The summed E-state index contributed by atoms with van der Waals surface area (Å²) < 4.78 is 18.7. The average molecular weight is 327 g/mol. The van der Waals surface area contributed by atoms with Crippen molar-refractivity contribution in [3.8, 4) is 0 Å². The monoisotopic (exact) mass is 327 g/mol. The number of nitrogens with one attached hydrogen (secondary N) is 2. The largest absolute Gasteiger partial charge is 0.449 e. The summed E-state index contributed by atoms with van der Waals surface area (Å²) in [4.78, 5) is 31.1. The van der Waals surface area contributed by atoms with Crippen LogP contribution in [-0.4, -0.2) is 27.9 Å². The highest BCUT2D eigenvalue weighted by Gasteiger charge is 2.20. The van der Waals surface area contributed by atoms with Crippen LogP contribution in [0.4, 0.5) is 10.1 Å². The van der Waals surface area contributed by atoms with Crippen LogP contribution in [0.2, 0.25) is 0 Å². The molecule has 0 aliphatic heterocycles. The molecule has 1 unspecified atom stereocenters. The number of benzene rings is 2. The summed E-state index contributed by atoms with van der Waals surface area (Å²) in [5.41, 5.74) is 1.73. The van der Waals surface area contributed by atoms with Gasteiger partial charge in [-0.1, -0.05) is 12.1 Å². The van der Waals surface area contributed by atoms with Crippen LogP contribution in [0.5, 0.6) is 0 Å². The first-order chi connectivity index (χ1) is 11.5. The minimum atomic E-state index is -1.07. The number of hydrogen-bond acceptors (Lipinski definition) is 4. The summed E-state index contributed by atoms with van der Waals surface area (Å²) >= 11 is 0. The van der Waals surface area contributed by atoms with Crippen molar-refractivity contribution in [2.24, 2.45) is 0 Å². The van der Waals surface area contributed by atoms with Crippen molar-refractivity contribution in [3.63, 3.8) is 0 Å². The van der Waals surface area contributed by atoms with Gasteiger partial charge in [-0.05, 0) is 37.3 Å². The van der Waals surface area contributed by atoms with Crippen molar-refractivity contribution in [1.29, 1.82) is 0 Å². The molecule has 0 saturated heterocycles. The molecule has 1 aromatic heterocycles. The van der Waals surface area contributed by atoms with Gasteiger partial charge in [0, 0.05) is 0 Å². The number of carbonyl (C=O) groups is 2. The first-order valence-corrected chi connectivity index (χ1v) is 7.24. The fourth-order valence-electron chi connectivity index (χ4n) is 2.14. The minimum Gasteiger partial charge on any atom is -0.449 e. The zero-order valence-corrected chi connectivity index (χ0v) is 12.7. The molecular formula is C17H14FN3O3. The molecule has 3 rings (SSSR count). The molecule has 24 heavy (non-hydrogen) atoms. The third kappa shape index (κ3) is 3.24. The van der Waals surface area contributed by atoms with Gasteiger partial charge in [0.2, 0.25) is 0 Å². The van der Waals surface area contributed by atoms with Crippen LogP contribution in [0.15, 0.2) is 48.8 Å². The number of nitrogens with zero attached hydrogens (tertiary/aromatic N) is 1. The second-order valence-corrected chi connectivity index (χ2v) is 5.15. The lowest BCUT2D eigenvalue weighted by molar-refractivity contribution is -0.123. The summed E-state index contributed by atoms with van der Waals surface area (Å²) in [6, 6.07) is 10.6. The molecule has 122 valence electrons. The van der Waals surface area contributed by atoms with E-state index >= 15 is 0 Å². The molecule has 2 N–H and O–H groups in total. The Kier molecular flexibility index (Phi) is 4.24. The van der Waals surface area contributed by atoms with Crippen molar-refractivity contribution in [2.45, 2.75) is 13.0 Å². The fraction of sp³-hybridized carbons (Fsp3) is 0.118. The van der Waals surface area contributed by atoms with Crippen LogP contribution in [0.1, 0.15) is 17.3 Å². The van der Waals surface area contributed by atoms with E-state index in [1.54, 1.807) is 24.3 Å². The van der Waals surface area contributed by atoms with Crippen LogP contribution in [0.25, 0.3) is 11.0 Å². The van der Waals surface area contributed by atoms with Gasteiger partial charge in [0.1, 0.15) is 5.82 Å². The third-order valence-electron chi connectivity index (χ3n) is 3.44. The van der Waals surface area contributed by atoms with Crippen LogP contribution >= 0.6 is 0 Å². The van der Waals surface area contributed by atoms with E-state index in [1.807, 2.05) is 0 Å². The number of hydrogen-bond donors (Lipinski definition) is 2. The van der Waals surface area contributed by atoms with Crippen molar-refractivity contribution >= 4 is 28.6 Å². The van der Waals surface area contributed by atoms with E-state index in [0.717, 1.165) is 5.52 Å². The van der Waals surface area contributed by atoms with Gasteiger partial charge in [-0.25, -0.2) is 14.2 Å². The summed E-state index contributed by atoms with van der Waals surface area (Å²) in [5, 5.41) is 2.38. The number of imidazole rings is 1. The third-order valence-corrected chi connectivity index (χ3v) is 3.44. The van der Waals surface area contributed by atoms with Gasteiger partial charge in [-0.3, -0.25) is 4.79 Å². The summed E-state index contributed by atoms with van der Waals surface area (Å²) in [6.45, 7) is 1.42. The van der Waals surface area contributed by atoms with Gasteiger partial charge in [-0.2, -0.15) is 0 Å². The van der Waals surface area contributed by atoms with E-state index in [9.17, 15) is 14.0 Å². The van der Waals surface area contributed by atoms with Gasteiger partial charge in [0.05, 0.1) is 28.6 Å². The Morgan fingerprint density at radius 2 is 2.04 bits per heavy atom. The lowest BCUT2D eigenvalue weighted by Gasteiger charge is -2.14. The molecule has 0 saturated carbocycles. The average Bonchev–Trinajstić information content (AvgIpc) is 3.04. The molecule has 0 bridgehead atoms. The van der Waals surface area contributed by atoms with Gasteiger partial charge >= 0.3 is 5.97 Å². The van der Waals surface area contributed by atoms with E-state index in [2.05, 4.69) is 15.3 Å². The standard InChI is InChI=1S/C17H14FN3O3/c1-10(16(22)21-13-5-3-2-4-12(13)18)24-17(23)11-6-7-14-15(8-11)20-9-19-14/h2-10H,1H3,(H,19,20)(H,21,22). The van der Waals surface area contributed by atoms with Crippen LogP contribution < -0.4 is 5.32 Å². The molecule has 0 radical (unpaired) electrons. The van der Waals surface area contributed by atoms with Crippen LogP contribution in [-0.2, 0) is 9.53 Å². The smallest absolute Gasteiger partial charge is 0.338 e. The number of aromatic nitrogens is 2. The van der Waals surface area contributed by atoms with E-state index < -0.39 is 23.8 Å². The van der Waals surface area contributed by atoms with Gasteiger partial charge in [0.15, 0.2) is 6.10 Å². The fourth-order valence-corrected chi connectivity index (χ4v) is 2.14. The number of fused-ring (bicyclic) bond motifs is 1. The lowest BCUT2D eigenvalue weighted by Crippen LogP contribution is -2.30. The molecule has 1 atom stereocenters. The Hall–Kier alpha value is -3.22. The number of carbonyl (C=O) groups excluding carboxylic acids is 2. The van der Waals surface area contributed by atoms with Crippen molar-refractivity contribution in [1.82, 2.24) is 9.97 Å². The van der Waals surface area contributed by atoms with E-state index in [1.165, 1.54) is 31.5 Å². The SMILES string of the molecule is CC(OC(=O)c1ccc2nc[nH]c2c1)C(=O)Nc1ccccc1F. The summed E-state index contributed by atoms with van der Waals surface area (Å²) in [6.07, 6.45) is 0.444. The Balaban J connectivity index is 1.67. The van der Waals surface area contributed by atoms with E-state index in [4.69, 9.17) is 4.74 Å². The maximum absolute atomic E-state index is 13.5. The maximum atomic E-state index is 13.5. The maximum Gasteiger partial charge on any atom is 0.338 e. The lowest BCUT2D eigenvalue weighted by atomic mass is 10.2. The molecular weight excluding hydrogens is 313 g/mol. The Morgan fingerprint density at radius 1 is 1.25 bits per heavy atom. The Morgan fingerprint density at radius 3 is 2.83 bits per heavy atom. The highest BCUT2D eigenvalue weighted by molar-refractivity contribution is 5.98. The Labute approximate surface area is 136 Å². The summed E-state index contributed by atoms with van der Waals surface area (Å²) in [7, 11) is 0. The second kappa shape index (κ2) is 6.49. The van der Waals surface area contributed by atoms with Gasteiger partial charge in [-0.15, -0.1) is 0 Å². The Bertz CT molecular complexity index is 907. The molecule has 2 aromatic carbocycles. The quantitative estimate of drug-likeness (QED) is 0.722. The molecule has 6 nitrogen and oxygen atoms in total. The van der Waals surface area contributed by atoms with Gasteiger partial charge < -0.3 is 15.0 Å². The molecule has 0 spiro atoms. The number of aromatic amines is 1. The molecule has 0 aliphatic rings. The van der Waals surface area contributed by atoms with Crippen molar-refractivity contribution in [2.75, 3.05) is 5.32 Å². The topological polar surface area (TPSA) is 84.1 Å². The van der Waals surface area contributed by atoms with E-state index in [0.29, 0.717) is 5.52 Å². The highest BCUT2D eigenvalue weighted by atomic mass is 19.1. The number of H-pyrrole nitrogens is 1. The predicted octanol–water partition coefficient (Wildman–Crippen LogP) is 2.89. The number of para-hydroxylation sites is 1. The zero-order chi connectivity index (χ0) is 17.1. The highest BCUT2D eigenvalue weighted by Crippen LogP contribution is 2.15. The normalized spacial score (nSPS) is 11.9. The van der Waals surface area contributed by atoms with Gasteiger partial charge in [0.25, 0.3) is 5.91 Å². The van der Waals surface area contributed by atoms with Crippen LogP contribution in [0.3, 0.4) is 0 Å². The summed E-state index contributed by atoms with van der Waals surface area (Å²) in [5.74, 6) is -1.83. The molecule has 7 heteroatoms. The number of anilines is 1. The molecule has 1 amide bonds. The van der Waals surface area contributed by atoms with Crippen molar-refractivity contribution < 1.29 is 18.7 Å². The molecule has 0 fully saturated rings. The number of halogens is 1.